The van der Waals surface area contributed by atoms with Gasteiger partial charge in [-0.3, -0.25) is 4.79 Å². The molecule has 88 valence electrons. The van der Waals surface area contributed by atoms with E-state index >= 15 is 0 Å². The first-order valence-corrected chi connectivity index (χ1v) is 6.76. The number of hydrogen-bond acceptors (Lipinski definition) is 1. The molecule has 1 atom stereocenters. The smallest absolute Gasteiger partial charge is 0.175 e. The van der Waals surface area contributed by atoms with Crippen molar-refractivity contribution < 1.29 is 4.79 Å². The van der Waals surface area contributed by atoms with E-state index in [0.29, 0.717) is 5.92 Å². The zero-order valence-corrected chi connectivity index (χ0v) is 12.3. The highest BCUT2D eigenvalue weighted by Gasteiger charge is 2.37. The maximum Gasteiger partial charge on any atom is 0.175 e. The predicted molar refractivity (Wildman–Crippen MR) is 79.6 cm³/mol. The van der Waals surface area contributed by atoms with Gasteiger partial charge in [0.05, 0.1) is 5.92 Å². The van der Waals surface area contributed by atoms with E-state index in [1.165, 1.54) is 0 Å². The minimum Gasteiger partial charge on any atom is -0.293 e. The molecule has 17 heavy (non-hydrogen) atoms. The van der Waals surface area contributed by atoms with Crippen LogP contribution in [0, 0.1) is 18.8 Å². The van der Waals surface area contributed by atoms with Crippen LogP contribution in [0.4, 0.5) is 0 Å². The number of ketones is 1. The summed E-state index contributed by atoms with van der Waals surface area (Å²) in [6.45, 7) is 6.22. The van der Waals surface area contributed by atoms with Crippen LogP contribution < -0.4 is 0 Å². The third-order valence-electron chi connectivity index (χ3n) is 3.29. The van der Waals surface area contributed by atoms with Crippen LogP contribution in [0.15, 0.2) is 18.2 Å². The van der Waals surface area contributed by atoms with Crippen LogP contribution in [0.25, 0.3) is 0 Å². The second kappa shape index (κ2) is 4.48. The highest BCUT2D eigenvalue weighted by molar-refractivity contribution is 7.26. The molecule has 0 saturated carbocycles. The van der Waals surface area contributed by atoms with Crippen LogP contribution >= 0.6 is 17.7 Å². The van der Waals surface area contributed by atoms with Crippen LogP contribution in [0.2, 0.25) is 0 Å². The molecule has 1 aliphatic carbocycles. The Balaban J connectivity index is 2.54. The lowest BCUT2D eigenvalue weighted by molar-refractivity contribution is 0.0985. The fourth-order valence-electron chi connectivity index (χ4n) is 2.29. The van der Waals surface area contributed by atoms with Crippen LogP contribution in [0.5, 0.6) is 0 Å². The molecule has 3 heteroatoms. The summed E-state index contributed by atoms with van der Waals surface area (Å²) in [5, 5.41) is 2.03. The van der Waals surface area contributed by atoms with Gasteiger partial charge in [0.25, 0.3) is 0 Å². The van der Waals surface area contributed by atoms with Gasteiger partial charge in [-0.25, -0.2) is 0 Å². The third-order valence-corrected chi connectivity index (χ3v) is 4.70. The van der Waals surface area contributed by atoms with Crippen molar-refractivity contribution >= 4 is 34.1 Å². The SMILES string of the molecule is Cc1cccc2c1C(=P)C(C(=P)C(C)C)C2=O. The number of fused-ring (bicyclic) bond motifs is 1. The fourth-order valence-corrected chi connectivity index (χ4v) is 3.33. The lowest BCUT2D eigenvalue weighted by Gasteiger charge is -2.16. The molecule has 1 nitrogen and oxygen atoms in total. The molecule has 0 heterocycles. The summed E-state index contributed by atoms with van der Waals surface area (Å²) in [4.78, 5) is 12.4. The standard InChI is InChI=1S/C14H16OP2/c1-7(2)13(16)11-12(15)9-6-4-5-8(3)10(9)14(11)17/h4-7,11,16-17H,1-3H3. The third kappa shape index (κ3) is 1.92. The molecule has 1 aromatic rings. The second-order valence-corrected chi connectivity index (χ2v) is 5.93. The summed E-state index contributed by atoms with van der Waals surface area (Å²) < 4.78 is 0. The average Bonchev–Trinajstić information content (AvgIpc) is 2.52. The van der Waals surface area contributed by atoms with E-state index in [9.17, 15) is 4.79 Å². The molecular weight excluding hydrogens is 246 g/mol. The molecule has 1 aliphatic rings. The molecule has 0 spiro atoms. The van der Waals surface area contributed by atoms with Crippen molar-refractivity contribution in [3.8, 4) is 0 Å². The quantitative estimate of drug-likeness (QED) is 0.746. The molecule has 0 aliphatic heterocycles. The maximum atomic E-state index is 12.4. The van der Waals surface area contributed by atoms with E-state index in [-0.39, 0.29) is 11.7 Å². The monoisotopic (exact) mass is 262 g/mol. The Hall–Kier alpha value is -0.770. The molecule has 1 unspecified atom stereocenters. The van der Waals surface area contributed by atoms with Gasteiger partial charge >= 0.3 is 0 Å². The first-order valence-electron chi connectivity index (χ1n) is 5.76. The second-order valence-electron chi connectivity index (χ2n) is 4.82. The van der Waals surface area contributed by atoms with Gasteiger partial charge in [-0.05, 0) is 34.6 Å². The normalized spacial score (nSPS) is 18.7. The Kier molecular flexibility index (Phi) is 3.34. The van der Waals surface area contributed by atoms with E-state index in [0.717, 1.165) is 27.3 Å². The van der Waals surface area contributed by atoms with Gasteiger partial charge in [-0.1, -0.05) is 32.0 Å². The van der Waals surface area contributed by atoms with Crippen molar-refractivity contribution in [2.45, 2.75) is 20.8 Å². The summed E-state index contributed by atoms with van der Waals surface area (Å²) >= 11 is 0. The van der Waals surface area contributed by atoms with Gasteiger partial charge in [0, 0.05) is 5.56 Å². The zero-order valence-electron chi connectivity index (χ0n) is 10.3. The van der Waals surface area contributed by atoms with Crippen molar-refractivity contribution in [2.24, 2.45) is 11.8 Å². The number of carbonyl (C=O) groups excluding carboxylic acids is 1. The van der Waals surface area contributed by atoms with Crippen molar-refractivity contribution in [1.82, 2.24) is 0 Å². The number of aryl methyl sites for hydroxylation is 1. The highest BCUT2D eigenvalue weighted by Crippen LogP contribution is 2.33. The fraction of sp³-hybridized carbons (Fsp3) is 0.357. The molecule has 0 fully saturated rings. The Labute approximate surface area is 107 Å². The molecule has 0 amide bonds. The largest absolute Gasteiger partial charge is 0.293 e. The highest BCUT2D eigenvalue weighted by atomic mass is 31.0. The first-order chi connectivity index (χ1) is 7.95. The van der Waals surface area contributed by atoms with Crippen molar-refractivity contribution in [2.75, 3.05) is 0 Å². The number of hydrogen-bond donors (Lipinski definition) is 0. The van der Waals surface area contributed by atoms with E-state index < -0.39 is 0 Å². The topological polar surface area (TPSA) is 17.1 Å². The van der Waals surface area contributed by atoms with E-state index in [4.69, 9.17) is 0 Å². The minimum atomic E-state index is -0.167. The molecule has 0 saturated heterocycles. The van der Waals surface area contributed by atoms with Crippen LogP contribution in [0.3, 0.4) is 0 Å². The van der Waals surface area contributed by atoms with Crippen molar-refractivity contribution in [3.05, 3.63) is 34.9 Å². The zero-order chi connectivity index (χ0) is 12.7. The number of benzene rings is 1. The number of carbonyl (C=O) groups is 1. The van der Waals surface area contributed by atoms with Crippen LogP contribution in [-0.2, 0) is 0 Å². The predicted octanol–water partition coefficient (Wildman–Crippen LogP) is 3.44. The summed E-state index contributed by atoms with van der Waals surface area (Å²) in [7, 11) is 7.30. The first kappa shape index (κ1) is 12.7. The molecule has 1 aromatic carbocycles. The molecule has 2 rings (SSSR count). The Morgan fingerprint density at radius 1 is 1.35 bits per heavy atom. The van der Waals surface area contributed by atoms with Gasteiger partial charge in [-0.15, -0.1) is 17.7 Å². The summed E-state index contributed by atoms with van der Waals surface area (Å²) in [5.41, 5.74) is 3.04. The number of rotatable bonds is 2. The molecule has 0 N–H and O–H groups in total. The Morgan fingerprint density at radius 3 is 2.53 bits per heavy atom. The van der Waals surface area contributed by atoms with E-state index in [1.807, 2.05) is 25.1 Å². The van der Waals surface area contributed by atoms with Crippen molar-refractivity contribution in [1.29, 1.82) is 0 Å². The van der Waals surface area contributed by atoms with Gasteiger partial charge in [0.1, 0.15) is 0 Å². The van der Waals surface area contributed by atoms with Gasteiger partial charge in [0.2, 0.25) is 0 Å². The molecular formula is C14H16OP2. The maximum absolute atomic E-state index is 12.4. The van der Waals surface area contributed by atoms with Gasteiger partial charge in [-0.2, -0.15) is 0 Å². The van der Waals surface area contributed by atoms with E-state index in [1.54, 1.807) is 0 Å². The van der Waals surface area contributed by atoms with Crippen LogP contribution in [0.1, 0.15) is 35.3 Å². The summed E-state index contributed by atoms with van der Waals surface area (Å²) in [5.74, 6) is 0.355. The summed E-state index contributed by atoms with van der Waals surface area (Å²) in [6.07, 6.45) is 0. The Morgan fingerprint density at radius 2 is 2.00 bits per heavy atom. The minimum absolute atomic E-state index is 0.167. The molecule has 0 radical (unpaired) electrons. The van der Waals surface area contributed by atoms with E-state index in [2.05, 4.69) is 31.6 Å². The summed E-state index contributed by atoms with van der Waals surface area (Å²) in [6, 6.07) is 5.89. The molecule has 0 bridgehead atoms. The Bertz CT molecular complexity index is 529. The number of Topliss-reactive ketones (excluding diaryl/α,β-unsaturated/α-hetero) is 1. The lowest BCUT2D eigenvalue weighted by Crippen LogP contribution is -2.26. The lowest BCUT2D eigenvalue weighted by atomic mass is 9.93. The van der Waals surface area contributed by atoms with Crippen molar-refractivity contribution in [3.63, 3.8) is 0 Å². The molecule has 0 aromatic heterocycles. The van der Waals surface area contributed by atoms with Gasteiger partial charge < -0.3 is 0 Å². The van der Waals surface area contributed by atoms with Gasteiger partial charge in [0.15, 0.2) is 5.78 Å². The van der Waals surface area contributed by atoms with Crippen LogP contribution in [-0.4, -0.2) is 16.4 Å². The average molecular weight is 262 g/mol.